The highest BCUT2D eigenvalue weighted by Gasteiger charge is 2.29. The first-order chi connectivity index (χ1) is 12.1. The number of carbonyl (C=O) groups is 2. The normalized spacial score (nSPS) is 13.4. The van der Waals surface area contributed by atoms with Crippen LogP contribution in [0.25, 0.3) is 11.1 Å². The van der Waals surface area contributed by atoms with Crippen LogP contribution in [0.3, 0.4) is 0 Å². The summed E-state index contributed by atoms with van der Waals surface area (Å²) in [7, 11) is 0. The smallest absolute Gasteiger partial charge is 0.407 e. The van der Waals surface area contributed by atoms with Crippen molar-refractivity contribution in [2.45, 2.75) is 18.4 Å². The van der Waals surface area contributed by atoms with Gasteiger partial charge in [0.1, 0.15) is 6.61 Å². The van der Waals surface area contributed by atoms with Crippen molar-refractivity contribution in [2.24, 2.45) is 0 Å². The number of aliphatic carboxylic acids is 1. The van der Waals surface area contributed by atoms with Gasteiger partial charge >= 0.3 is 6.09 Å². The van der Waals surface area contributed by atoms with E-state index < -0.39 is 18.1 Å². The van der Waals surface area contributed by atoms with E-state index in [4.69, 9.17) is 4.74 Å². The lowest BCUT2D eigenvalue weighted by Gasteiger charge is -2.19. The predicted molar refractivity (Wildman–Crippen MR) is 91.8 cm³/mol. The van der Waals surface area contributed by atoms with Gasteiger partial charge in [0.05, 0.1) is 12.0 Å². The monoisotopic (exact) mass is 336 g/mol. The molecular weight excluding hydrogens is 318 g/mol. The number of ether oxygens (including phenoxy) is 1. The zero-order chi connectivity index (χ0) is 17.8. The third-order valence-electron chi connectivity index (χ3n) is 4.32. The summed E-state index contributed by atoms with van der Waals surface area (Å²) in [5.41, 5.74) is 4.45. The van der Waals surface area contributed by atoms with Crippen LogP contribution >= 0.6 is 0 Å². The fourth-order valence-electron chi connectivity index (χ4n) is 3.16. The van der Waals surface area contributed by atoms with E-state index in [9.17, 15) is 14.7 Å². The fourth-order valence-corrected chi connectivity index (χ4v) is 3.16. The summed E-state index contributed by atoms with van der Waals surface area (Å²) >= 11 is 0. The van der Waals surface area contributed by atoms with Gasteiger partial charge in [-0.05, 0) is 28.7 Å². The predicted octanol–water partition coefficient (Wildman–Crippen LogP) is 2.22. The maximum atomic E-state index is 12.0. The van der Waals surface area contributed by atoms with Crippen molar-refractivity contribution < 1.29 is 19.4 Å². The maximum Gasteiger partial charge on any atom is 0.407 e. The van der Waals surface area contributed by atoms with Gasteiger partial charge in [0.25, 0.3) is 0 Å². The molecule has 0 saturated carbocycles. The molecular formula is C20H18NO4-. The van der Waals surface area contributed by atoms with Gasteiger partial charge in [0.15, 0.2) is 0 Å². The molecule has 1 atom stereocenters. The molecule has 1 N–H and O–H groups in total. The first kappa shape index (κ1) is 16.8. The van der Waals surface area contributed by atoms with Crippen molar-refractivity contribution in [3.05, 3.63) is 72.3 Å². The Labute approximate surface area is 145 Å². The Morgan fingerprint density at radius 3 is 2.20 bits per heavy atom. The topological polar surface area (TPSA) is 78.5 Å². The van der Waals surface area contributed by atoms with Gasteiger partial charge in [-0.15, -0.1) is 6.58 Å². The Morgan fingerprint density at radius 2 is 1.68 bits per heavy atom. The van der Waals surface area contributed by atoms with Crippen LogP contribution in [-0.4, -0.2) is 24.7 Å². The van der Waals surface area contributed by atoms with Gasteiger partial charge in [-0.3, -0.25) is 0 Å². The highest BCUT2D eigenvalue weighted by molar-refractivity contribution is 5.80. The standard InChI is InChI=1S/C20H19NO4/c1-2-7-18(19(22)23)21-20(24)25-12-17-15-10-5-3-8-13(15)14-9-4-6-11-16(14)17/h2-6,8-11,17-18H,1,7,12H2,(H,21,24)(H,22,23)/p-1/t18-/m0/s1. The third-order valence-corrected chi connectivity index (χ3v) is 4.32. The van der Waals surface area contributed by atoms with Crippen molar-refractivity contribution in [3.8, 4) is 11.1 Å². The minimum atomic E-state index is -1.37. The van der Waals surface area contributed by atoms with Crippen molar-refractivity contribution in [1.82, 2.24) is 5.32 Å². The molecule has 1 aliphatic rings. The van der Waals surface area contributed by atoms with Crippen LogP contribution in [0.15, 0.2) is 61.2 Å². The molecule has 0 saturated heterocycles. The number of benzene rings is 2. The molecule has 2 aromatic carbocycles. The molecule has 0 fully saturated rings. The number of amides is 1. The molecule has 0 aromatic heterocycles. The number of hydrogen-bond acceptors (Lipinski definition) is 4. The number of alkyl carbamates (subject to hydrolysis) is 1. The summed E-state index contributed by atoms with van der Waals surface area (Å²) in [4.78, 5) is 22.9. The van der Waals surface area contributed by atoms with Crippen LogP contribution in [0.2, 0.25) is 0 Å². The molecule has 1 aliphatic carbocycles. The molecule has 0 bridgehead atoms. The van der Waals surface area contributed by atoms with Gasteiger partial charge < -0.3 is 20.0 Å². The summed E-state index contributed by atoms with van der Waals surface area (Å²) < 4.78 is 5.29. The van der Waals surface area contributed by atoms with E-state index in [1.807, 2.05) is 48.5 Å². The molecule has 128 valence electrons. The SMILES string of the molecule is C=CC[C@H](NC(=O)OCC1c2ccccc2-c2ccccc21)C(=O)[O-]. The Balaban J connectivity index is 1.72. The second kappa shape index (κ2) is 7.21. The molecule has 3 rings (SSSR count). The maximum absolute atomic E-state index is 12.0. The summed E-state index contributed by atoms with van der Waals surface area (Å²) in [6.45, 7) is 3.60. The quantitative estimate of drug-likeness (QED) is 0.821. The number of nitrogens with one attached hydrogen (secondary N) is 1. The van der Waals surface area contributed by atoms with E-state index in [0.717, 1.165) is 22.3 Å². The Kier molecular flexibility index (Phi) is 4.84. The van der Waals surface area contributed by atoms with Crippen LogP contribution in [0.5, 0.6) is 0 Å². The Morgan fingerprint density at radius 1 is 1.12 bits per heavy atom. The lowest BCUT2D eigenvalue weighted by atomic mass is 9.98. The summed E-state index contributed by atoms with van der Waals surface area (Å²) in [5.74, 6) is -1.44. The largest absolute Gasteiger partial charge is 0.548 e. The fraction of sp³-hybridized carbons (Fsp3) is 0.200. The highest BCUT2D eigenvalue weighted by atomic mass is 16.5. The first-order valence-electron chi connectivity index (χ1n) is 8.05. The lowest BCUT2D eigenvalue weighted by Crippen LogP contribution is -2.47. The molecule has 5 heteroatoms. The zero-order valence-corrected chi connectivity index (χ0v) is 13.6. The third kappa shape index (κ3) is 3.40. The molecule has 0 unspecified atom stereocenters. The van der Waals surface area contributed by atoms with Gasteiger partial charge in [0.2, 0.25) is 0 Å². The lowest BCUT2D eigenvalue weighted by molar-refractivity contribution is -0.308. The van der Waals surface area contributed by atoms with Crippen molar-refractivity contribution >= 4 is 12.1 Å². The zero-order valence-electron chi connectivity index (χ0n) is 13.6. The number of carbonyl (C=O) groups excluding carboxylic acids is 2. The summed E-state index contributed by atoms with van der Waals surface area (Å²) in [6, 6.07) is 14.8. The highest BCUT2D eigenvalue weighted by Crippen LogP contribution is 2.44. The van der Waals surface area contributed by atoms with Crippen molar-refractivity contribution in [1.29, 1.82) is 0 Å². The van der Waals surface area contributed by atoms with E-state index in [-0.39, 0.29) is 18.9 Å². The van der Waals surface area contributed by atoms with Crippen LogP contribution in [-0.2, 0) is 9.53 Å². The number of rotatable bonds is 6. The van der Waals surface area contributed by atoms with Gasteiger partial charge in [-0.1, -0.05) is 54.6 Å². The number of fused-ring (bicyclic) bond motifs is 3. The van der Waals surface area contributed by atoms with E-state index in [2.05, 4.69) is 11.9 Å². The van der Waals surface area contributed by atoms with E-state index in [1.54, 1.807) is 0 Å². The Bertz CT molecular complexity index is 769. The molecule has 5 nitrogen and oxygen atoms in total. The molecule has 0 heterocycles. The van der Waals surface area contributed by atoms with E-state index in [1.165, 1.54) is 6.08 Å². The van der Waals surface area contributed by atoms with Crippen LogP contribution in [0.1, 0.15) is 23.5 Å². The van der Waals surface area contributed by atoms with Crippen molar-refractivity contribution in [2.75, 3.05) is 6.61 Å². The van der Waals surface area contributed by atoms with Crippen molar-refractivity contribution in [3.63, 3.8) is 0 Å². The average molecular weight is 336 g/mol. The molecule has 2 aromatic rings. The van der Waals surface area contributed by atoms with Gasteiger partial charge in [-0.2, -0.15) is 0 Å². The minimum Gasteiger partial charge on any atom is -0.548 e. The van der Waals surface area contributed by atoms with Crippen LogP contribution < -0.4 is 10.4 Å². The summed E-state index contributed by atoms with van der Waals surface area (Å²) in [5, 5.41) is 13.3. The van der Waals surface area contributed by atoms with E-state index >= 15 is 0 Å². The van der Waals surface area contributed by atoms with Gasteiger partial charge in [0, 0.05) is 5.92 Å². The first-order valence-corrected chi connectivity index (χ1v) is 8.05. The number of carboxylic acids is 1. The minimum absolute atomic E-state index is 0.0704. The van der Waals surface area contributed by atoms with Gasteiger partial charge in [-0.25, -0.2) is 4.79 Å². The number of carboxylic acid groups (broad SMARTS) is 1. The number of hydrogen-bond donors (Lipinski definition) is 1. The second-order valence-corrected chi connectivity index (χ2v) is 5.87. The van der Waals surface area contributed by atoms with E-state index in [0.29, 0.717) is 0 Å². The molecule has 25 heavy (non-hydrogen) atoms. The summed E-state index contributed by atoms with van der Waals surface area (Å²) in [6.07, 6.45) is 0.703. The second-order valence-electron chi connectivity index (χ2n) is 5.87. The van der Waals surface area contributed by atoms with Crippen LogP contribution in [0, 0.1) is 0 Å². The molecule has 1 amide bonds. The molecule has 0 radical (unpaired) electrons. The molecule has 0 spiro atoms. The Hall–Kier alpha value is -3.08. The average Bonchev–Trinajstić information content (AvgIpc) is 2.93. The van der Waals surface area contributed by atoms with Crippen LogP contribution in [0.4, 0.5) is 4.79 Å². The molecule has 0 aliphatic heterocycles.